The summed E-state index contributed by atoms with van der Waals surface area (Å²) < 4.78 is 4.46. The Kier molecular flexibility index (Phi) is 2.95. The van der Waals surface area contributed by atoms with Crippen LogP contribution in [0.1, 0.15) is 10.4 Å². The van der Waals surface area contributed by atoms with Gasteiger partial charge >= 0.3 is 5.97 Å². The highest BCUT2D eigenvalue weighted by Gasteiger charge is 2.17. The maximum absolute atomic E-state index is 11.1. The molecule has 0 aliphatic heterocycles. The van der Waals surface area contributed by atoms with Gasteiger partial charge in [0.15, 0.2) is 5.15 Å². The van der Waals surface area contributed by atoms with Crippen LogP contribution >= 0.6 is 23.2 Å². The summed E-state index contributed by atoms with van der Waals surface area (Å²) in [7, 11) is 1.23. The normalized spacial score (nSPS) is 9.77. The van der Waals surface area contributed by atoms with E-state index in [1.54, 1.807) is 0 Å². The number of esters is 1. The molecule has 4 nitrogen and oxygen atoms in total. The van der Waals surface area contributed by atoms with Gasteiger partial charge in [0.2, 0.25) is 0 Å². The van der Waals surface area contributed by atoms with E-state index < -0.39 is 5.97 Å². The molecule has 2 N–H and O–H groups in total. The van der Waals surface area contributed by atoms with E-state index in [4.69, 9.17) is 28.9 Å². The summed E-state index contributed by atoms with van der Waals surface area (Å²) in [4.78, 5) is 14.8. The van der Waals surface area contributed by atoms with Crippen LogP contribution in [0.2, 0.25) is 10.2 Å². The minimum atomic E-state index is -0.633. The van der Waals surface area contributed by atoms with Gasteiger partial charge < -0.3 is 10.5 Å². The molecule has 1 aromatic rings. The summed E-state index contributed by atoms with van der Waals surface area (Å²) in [5.74, 6) is -0.633. The monoisotopic (exact) mass is 220 g/mol. The lowest BCUT2D eigenvalue weighted by Gasteiger charge is -2.05. The molecule has 1 aromatic heterocycles. The molecule has 13 heavy (non-hydrogen) atoms. The van der Waals surface area contributed by atoms with E-state index >= 15 is 0 Å². The van der Waals surface area contributed by atoms with Crippen molar-refractivity contribution in [3.63, 3.8) is 0 Å². The fourth-order valence-corrected chi connectivity index (χ4v) is 1.16. The van der Waals surface area contributed by atoms with Gasteiger partial charge in [0.25, 0.3) is 0 Å². The van der Waals surface area contributed by atoms with Crippen molar-refractivity contribution in [1.82, 2.24) is 4.98 Å². The Morgan fingerprint density at radius 1 is 1.62 bits per heavy atom. The second-order valence-corrected chi connectivity index (χ2v) is 2.94. The zero-order valence-corrected chi connectivity index (χ0v) is 8.19. The van der Waals surface area contributed by atoms with E-state index in [-0.39, 0.29) is 21.4 Å². The summed E-state index contributed by atoms with van der Waals surface area (Å²) >= 11 is 11.3. The number of nitrogen functional groups attached to an aromatic ring is 1. The van der Waals surface area contributed by atoms with Crippen molar-refractivity contribution in [3.05, 3.63) is 21.9 Å². The number of rotatable bonds is 1. The van der Waals surface area contributed by atoms with Gasteiger partial charge in [-0.3, -0.25) is 0 Å². The van der Waals surface area contributed by atoms with Crippen LogP contribution in [-0.4, -0.2) is 18.1 Å². The second kappa shape index (κ2) is 3.81. The van der Waals surface area contributed by atoms with Gasteiger partial charge in [-0.25, -0.2) is 9.78 Å². The summed E-state index contributed by atoms with van der Waals surface area (Å²) in [5, 5.41) is 0.151. The molecule has 0 aliphatic rings. The molecular formula is C7H6Cl2N2O2. The van der Waals surface area contributed by atoms with E-state index in [9.17, 15) is 4.79 Å². The summed E-state index contributed by atoms with van der Waals surface area (Å²) in [6.07, 6.45) is 1.24. The smallest absolute Gasteiger partial charge is 0.341 e. The van der Waals surface area contributed by atoms with Gasteiger partial charge in [0, 0.05) is 6.20 Å². The number of methoxy groups -OCH3 is 1. The van der Waals surface area contributed by atoms with Crippen LogP contribution in [0.4, 0.5) is 5.69 Å². The van der Waals surface area contributed by atoms with Crippen LogP contribution in [0.15, 0.2) is 6.20 Å². The fourth-order valence-electron chi connectivity index (χ4n) is 0.789. The number of pyridine rings is 1. The third-order valence-electron chi connectivity index (χ3n) is 1.41. The van der Waals surface area contributed by atoms with Gasteiger partial charge in [0.1, 0.15) is 5.56 Å². The van der Waals surface area contributed by atoms with Crippen molar-refractivity contribution in [2.24, 2.45) is 0 Å². The van der Waals surface area contributed by atoms with Crippen molar-refractivity contribution in [1.29, 1.82) is 0 Å². The van der Waals surface area contributed by atoms with Gasteiger partial charge in [-0.1, -0.05) is 23.2 Å². The Labute approximate surface area is 84.6 Å². The maximum atomic E-state index is 11.1. The first-order valence-corrected chi connectivity index (χ1v) is 4.01. The molecule has 0 fully saturated rings. The average molecular weight is 221 g/mol. The molecule has 0 saturated heterocycles. The fraction of sp³-hybridized carbons (Fsp3) is 0.143. The molecule has 0 atom stereocenters. The second-order valence-electron chi connectivity index (χ2n) is 2.18. The number of aromatic nitrogens is 1. The number of ether oxygens (including phenoxy) is 1. The van der Waals surface area contributed by atoms with Crippen molar-refractivity contribution in [2.75, 3.05) is 12.8 Å². The Morgan fingerprint density at radius 3 is 2.77 bits per heavy atom. The van der Waals surface area contributed by atoms with Crippen LogP contribution in [0.25, 0.3) is 0 Å². The Morgan fingerprint density at radius 2 is 2.23 bits per heavy atom. The number of nitrogens with two attached hydrogens (primary N) is 1. The van der Waals surface area contributed by atoms with Gasteiger partial charge in [-0.2, -0.15) is 0 Å². The molecule has 0 saturated carbocycles. The summed E-state index contributed by atoms with van der Waals surface area (Å²) in [5.41, 5.74) is 5.55. The van der Waals surface area contributed by atoms with Gasteiger partial charge in [-0.15, -0.1) is 0 Å². The molecule has 70 valence electrons. The molecule has 6 heteroatoms. The third kappa shape index (κ3) is 1.84. The largest absolute Gasteiger partial charge is 0.465 e. The van der Waals surface area contributed by atoms with Crippen LogP contribution in [0.5, 0.6) is 0 Å². The highest BCUT2D eigenvalue weighted by Crippen LogP contribution is 2.27. The average Bonchev–Trinajstić information content (AvgIpc) is 2.12. The van der Waals surface area contributed by atoms with Gasteiger partial charge in [-0.05, 0) is 0 Å². The van der Waals surface area contributed by atoms with Crippen molar-refractivity contribution >= 4 is 34.9 Å². The summed E-state index contributed by atoms with van der Waals surface area (Å²) in [6.45, 7) is 0. The SMILES string of the molecule is COC(=O)c1c(Cl)cnc(Cl)c1N. The van der Waals surface area contributed by atoms with Crippen LogP contribution in [0, 0.1) is 0 Å². The molecule has 0 amide bonds. The topological polar surface area (TPSA) is 65.2 Å². The Balaban J connectivity index is 3.33. The molecule has 0 bridgehead atoms. The van der Waals surface area contributed by atoms with E-state index in [1.807, 2.05) is 0 Å². The number of halogens is 2. The lowest BCUT2D eigenvalue weighted by molar-refractivity contribution is 0.0602. The number of carbonyl (C=O) groups excluding carboxylic acids is 1. The minimum Gasteiger partial charge on any atom is -0.465 e. The highest BCUT2D eigenvalue weighted by atomic mass is 35.5. The predicted molar refractivity (Wildman–Crippen MR) is 50.0 cm³/mol. The van der Waals surface area contributed by atoms with Crippen LogP contribution < -0.4 is 5.73 Å². The molecule has 0 unspecified atom stereocenters. The minimum absolute atomic E-state index is 0.0287. The quantitative estimate of drug-likeness (QED) is 0.579. The van der Waals surface area contributed by atoms with Crippen LogP contribution in [0.3, 0.4) is 0 Å². The first-order chi connectivity index (χ1) is 6.07. The van der Waals surface area contributed by atoms with Gasteiger partial charge in [0.05, 0.1) is 17.8 Å². The maximum Gasteiger partial charge on any atom is 0.341 e. The van der Waals surface area contributed by atoms with E-state index in [0.717, 1.165) is 0 Å². The van der Waals surface area contributed by atoms with Crippen molar-refractivity contribution in [3.8, 4) is 0 Å². The standard InChI is InChI=1S/C7H6Cl2N2O2/c1-13-7(12)4-3(8)2-11-6(9)5(4)10/h2H,10H2,1H3. The zero-order valence-electron chi connectivity index (χ0n) is 6.67. The molecule has 0 aliphatic carbocycles. The summed E-state index contributed by atoms with van der Waals surface area (Å²) in [6, 6.07) is 0. The Hall–Kier alpha value is -1.00. The molecular weight excluding hydrogens is 215 g/mol. The van der Waals surface area contributed by atoms with E-state index in [0.29, 0.717) is 0 Å². The molecule has 0 aromatic carbocycles. The van der Waals surface area contributed by atoms with Crippen LogP contribution in [-0.2, 0) is 4.74 Å². The number of anilines is 1. The third-order valence-corrected chi connectivity index (χ3v) is 2.00. The first-order valence-electron chi connectivity index (χ1n) is 3.25. The Bertz CT molecular complexity index is 355. The molecule has 1 heterocycles. The first kappa shape index (κ1) is 10.1. The lowest BCUT2D eigenvalue weighted by atomic mass is 10.2. The molecule has 0 spiro atoms. The van der Waals surface area contributed by atoms with E-state index in [2.05, 4.69) is 9.72 Å². The number of nitrogens with zero attached hydrogens (tertiary/aromatic N) is 1. The number of hydrogen-bond donors (Lipinski definition) is 1. The lowest BCUT2D eigenvalue weighted by Crippen LogP contribution is -2.07. The predicted octanol–water partition coefficient (Wildman–Crippen LogP) is 1.76. The van der Waals surface area contributed by atoms with E-state index in [1.165, 1.54) is 13.3 Å². The zero-order chi connectivity index (χ0) is 10.0. The van der Waals surface area contributed by atoms with Crippen molar-refractivity contribution in [2.45, 2.75) is 0 Å². The highest BCUT2D eigenvalue weighted by molar-refractivity contribution is 6.37. The molecule has 1 rings (SSSR count). The number of hydrogen-bond acceptors (Lipinski definition) is 4. The molecule has 0 radical (unpaired) electrons. The van der Waals surface area contributed by atoms with Crippen molar-refractivity contribution < 1.29 is 9.53 Å². The number of carbonyl (C=O) groups is 1.